The van der Waals surface area contributed by atoms with Crippen molar-refractivity contribution in [1.82, 2.24) is 5.32 Å². The number of allylic oxidation sites excluding steroid dienone is 4. The third-order valence-corrected chi connectivity index (χ3v) is 21.8. The maximum atomic E-state index is 13.9. The number of carboxylic acids is 1. The summed E-state index contributed by atoms with van der Waals surface area (Å²) in [5, 5.41) is 36.9. The van der Waals surface area contributed by atoms with Gasteiger partial charge in [-0.2, -0.15) is 0 Å². The maximum Gasteiger partial charge on any atom is 0.407 e. The molecule has 0 bridgehead atoms. The van der Waals surface area contributed by atoms with Gasteiger partial charge in [-0.25, -0.2) is 4.79 Å². The van der Waals surface area contributed by atoms with Crippen LogP contribution in [0.5, 0.6) is 0 Å². The number of carbonyl (C=O) groups excluding carboxylic acids is 3. The van der Waals surface area contributed by atoms with Crippen LogP contribution in [0.1, 0.15) is 189 Å². The molecule has 12 nitrogen and oxygen atoms in total. The number of amides is 1. The summed E-state index contributed by atoms with van der Waals surface area (Å²) >= 11 is 0. The molecule has 0 saturated heterocycles. The van der Waals surface area contributed by atoms with Crippen molar-refractivity contribution in [2.24, 2.45) is 63.6 Å². The fourth-order valence-corrected chi connectivity index (χ4v) is 17.9. The fourth-order valence-electron chi connectivity index (χ4n) is 17.9. The number of aliphatic hydroxyl groups excluding tert-OH is 1. The fraction of sp³-hybridized carbons (Fsp3) is 0.750. The Labute approximate surface area is 454 Å². The largest absolute Gasteiger partial charge is 0.481 e. The lowest BCUT2D eigenvalue weighted by Crippen LogP contribution is -2.63. The highest BCUT2D eigenvalue weighted by molar-refractivity contribution is 5.93. The van der Waals surface area contributed by atoms with E-state index >= 15 is 0 Å². The third kappa shape index (κ3) is 10.8. The van der Waals surface area contributed by atoms with Crippen molar-refractivity contribution in [2.45, 2.75) is 213 Å². The van der Waals surface area contributed by atoms with Crippen LogP contribution in [0.15, 0.2) is 47.1 Å². The van der Waals surface area contributed by atoms with Gasteiger partial charge in [0, 0.05) is 62.3 Å². The van der Waals surface area contributed by atoms with Crippen molar-refractivity contribution in [3.8, 4) is 11.8 Å². The van der Waals surface area contributed by atoms with Gasteiger partial charge >= 0.3 is 18.0 Å². The average molecular weight is 1050 g/mol. The molecule has 1 amide bonds. The van der Waals surface area contributed by atoms with Crippen LogP contribution < -0.4 is 10.2 Å². The van der Waals surface area contributed by atoms with Gasteiger partial charge in [-0.05, 0) is 218 Å². The van der Waals surface area contributed by atoms with Crippen LogP contribution in [0, 0.1) is 75.4 Å². The lowest BCUT2D eigenvalue weighted by atomic mass is 9.43. The zero-order chi connectivity index (χ0) is 54.5. The van der Waals surface area contributed by atoms with Crippen molar-refractivity contribution in [3.63, 3.8) is 0 Å². The molecule has 1 aromatic rings. The molecule has 16 atom stereocenters. The van der Waals surface area contributed by atoms with Gasteiger partial charge in [0.05, 0.1) is 18.8 Å². The first-order valence-electron chi connectivity index (χ1n) is 29.6. The number of unbranched alkanes of at least 4 members (excludes halogenated alkanes) is 1. The lowest BCUT2D eigenvalue weighted by Gasteiger charge is -2.64. The molecule has 76 heavy (non-hydrogen) atoms. The van der Waals surface area contributed by atoms with E-state index in [0.29, 0.717) is 63.5 Å². The number of carboxylic acid groups (broad SMARTS) is 1. The summed E-state index contributed by atoms with van der Waals surface area (Å²) in [6.45, 7) is 18.2. The predicted molar refractivity (Wildman–Crippen MR) is 294 cm³/mol. The van der Waals surface area contributed by atoms with Crippen LogP contribution in [-0.4, -0.2) is 95.4 Å². The highest BCUT2D eigenvalue weighted by atomic mass is 16.6. The average Bonchev–Trinajstić information content (AvgIpc) is 3.96. The van der Waals surface area contributed by atoms with Gasteiger partial charge in [0.15, 0.2) is 5.78 Å². The number of ketones is 1. The number of alkyl carbamates (subject to hydrolysis) is 1. The van der Waals surface area contributed by atoms with Crippen LogP contribution in [-0.2, 0) is 28.6 Å². The number of rotatable bonds is 16. The van der Waals surface area contributed by atoms with Gasteiger partial charge in [0.1, 0.15) is 17.3 Å². The van der Waals surface area contributed by atoms with Crippen molar-refractivity contribution < 1.29 is 48.7 Å². The Balaban J connectivity index is 0.861. The zero-order valence-corrected chi connectivity index (χ0v) is 47.5. The molecule has 0 radical (unpaired) electrons. The lowest BCUT2D eigenvalue weighted by molar-refractivity contribution is -0.219. The number of benzene rings is 1. The van der Waals surface area contributed by atoms with Crippen molar-refractivity contribution in [3.05, 3.63) is 52.6 Å². The number of anilines is 1. The van der Waals surface area contributed by atoms with E-state index in [1.54, 1.807) is 0 Å². The van der Waals surface area contributed by atoms with Gasteiger partial charge in [0.2, 0.25) is 0 Å². The molecule has 12 heteroatoms. The highest BCUT2D eigenvalue weighted by Crippen LogP contribution is 2.70. The number of esters is 1. The number of nitrogens with zero attached hydrogens (tertiary/aromatic N) is 1. The Morgan fingerprint density at radius 1 is 0.921 bits per heavy atom. The summed E-state index contributed by atoms with van der Waals surface area (Å²) in [5.74, 6) is 7.55. The van der Waals surface area contributed by atoms with E-state index in [-0.39, 0.29) is 89.1 Å². The number of fused-ring (bicyclic) bond motifs is 9. The summed E-state index contributed by atoms with van der Waals surface area (Å²) in [6.07, 6.45) is 14.8. The van der Waals surface area contributed by atoms with Gasteiger partial charge in [-0.3, -0.25) is 14.4 Å². The first-order chi connectivity index (χ1) is 36.0. The molecule has 418 valence electrons. The van der Waals surface area contributed by atoms with Gasteiger partial charge in [-0.1, -0.05) is 51.3 Å². The molecule has 8 aliphatic rings. The minimum atomic E-state index is -1.01. The van der Waals surface area contributed by atoms with E-state index < -0.39 is 34.8 Å². The molecule has 0 heterocycles. The molecule has 1 aromatic carbocycles. The molecule has 8 aliphatic carbocycles. The molecule has 9 rings (SSSR count). The Bertz CT molecular complexity index is 2470. The highest BCUT2D eigenvalue weighted by Gasteiger charge is 2.67. The number of aliphatic carboxylic acids is 1. The second kappa shape index (κ2) is 22.2. The number of likely N-dealkylation sites (N-methyl/N-ethyl adjacent to an activating group) is 1. The summed E-state index contributed by atoms with van der Waals surface area (Å²) < 4.78 is 18.8. The van der Waals surface area contributed by atoms with Crippen LogP contribution >= 0.6 is 0 Å². The molecule has 6 fully saturated rings. The van der Waals surface area contributed by atoms with E-state index in [4.69, 9.17) is 14.2 Å². The number of hydrogen-bond acceptors (Lipinski definition) is 10. The smallest absolute Gasteiger partial charge is 0.407 e. The van der Waals surface area contributed by atoms with Crippen LogP contribution in [0.4, 0.5) is 10.5 Å². The van der Waals surface area contributed by atoms with E-state index in [9.17, 15) is 34.5 Å². The van der Waals surface area contributed by atoms with Crippen LogP contribution in [0.25, 0.3) is 0 Å². The zero-order valence-electron chi connectivity index (χ0n) is 47.5. The summed E-state index contributed by atoms with van der Waals surface area (Å²) in [7, 11) is 2.13. The molecule has 0 spiro atoms. The van der Waals surface area contributed by atoms with Crippen molar-refractivity contribution >= 4 is 29.5 Å². The molecule has 0 aliphatic heterocycles. The van der Waals surface area contributed by atoms with Gasteiger partial charge < -0.3 is 39.7 Å². The first-order valence-corrected chi connectivity index (χ1v) is 29.6. The molecular weight excluding hydrogens is 957 g/mol. The van der Waals surface area contributed by atoms with E-state index in [2.05, 4.69) is 81.1 Å². The second-order valence-electron chi connectivity index (χ2n) is 26.9. The minimum Gasteiger partial charge on any atom is -0.481 e. The summed E-state index contributed by atoms with van der Waals surface area (Å²) in [4.78, 5) is 52.6. The van der Waals surface area contributed by atoms with Crippen LogP contribution in [0.2, 0.25) is 0 Å². The van der Waals surface area contributed by atoms with Crippen molar-refractivity contribution in [1.29, 1.82) is 0 Å². The van der Waals surface area contributed by atoms with Crippen LogP contribution in [0.3, 0.4) is 0 Å². The normalized spacial score (nSPS) is 37.9. The quantitative estimate of drug-likeness (QED) is 0.0705. The molecule has 6 saturated carbocycles. The standard InChI is InChI=1S/C64H92N2O10/c1-10-28-64(73)30-27-50-47-21-17-41-34-44(67)20-22-46(41)57(47)48(38-62(50,64)7)40-15-18-43(19-16-40)66(9)32-33-74-45-26-29-61(6)42(35-45)36-53(75-56(71)13-11-12-31-65-59(72)76-60(3,4)5)58-51-24-23-49(39(2)14-25-55(69)70)63(51,8)54(68)37-52(58)61/h15-16,18-19,34,39,42,45,47-54,58,68,73H,11-14,17,20-27,29-33,35-38H2,1-9H3,(H,65,72)(H,69,70)/t39-,42+,45+,47?,48-,49-,50?,51+,52+,53-,54+,58+,61+,62+,63-,64+/m1/s1. The van der Waals surface area contributed by atoms with Crippen molar-refractivity contribution in [2.75, 3.05) is 31.6 Å². The molecule has 4 N–H and O–H groups in total. The maximum absolute atomic E-state index is 13.9. The van der Waals surface area contributed by atoms with E-state index in [1.807, 2.05) is 33.8 Å². The van der Waals surface area contributed by atoms with Gasteiger partial charge in [0.25, 0.3) is 0 Å². The Hall–Kier alpha value is -4.18. The first kappa shape index (κ1) is 56.5. The summed E-state index contributed by atoms with van der Waals surface area (Å²) in [6, 6.07) is 9.05. The molecular formula is C64H92N2O10. The molecule has 0 aromatic heterocycles. The Morgan fingerprint density at radius 2 is 1.68 bits per heavy atom. The summed E-state index contributed by atoms with van der Waals surface area (Å²) in [5.41, 5.74) is 4.18. The van der Waals surface area contributed by atoms with E-state index in [0.717, 1.165) is 82.9 Å². The topological polar surface area (TPSA) is 172 Å². The minimum absolute atomic E-state index is 0.0498. The second-order valence-corrected chi connectivity index (χ2v) is 26.9. The Morgan fingerprint density at radius 3 is 2.41 bits per heavy atom. The molecule has 2 unspecified atom stereocenters. The van der Waals surface area contributed by atoms with E-state index in [1.165, 1.54) is 22.3 Å². The Kier molecular flexibility index (Phi) is 16.5. The number of hydrogen-bond donors (Lipinski definition) is 4. The number of aliphatic hydroxyl groups is 2. The van der Waals surface area contributed by atoms with Gasteiger partial charge in [-0.15, -0.1) is 5.92 Å². The predicted octanol–water partition coefficient (Wildman–Crippen LogP) is 11.5. The SMILES string of the molecule is CC#C[C@]1(O)CCC2C3CCC4=CC(=O)CCC4=C3[C@@H](c3ccc(N(C)CCO[C@H]4CC[C@@]5(C)[C@@H](C4)C[C@@H](OC(=O)CCCCNC(=O)OC(C)(C)C)[C@@H]4[C@@H]5C[C@H](O)[C@]5(C)[C@@H]([C@H](C)CCC(=O)O)CC[C@@H]45)cc3)C[C@@]21C. The third-order valence-electron chi connectivity index (χ3n) is 21.8. The number of nitrogens with one attached hydrogen (secondary N) is 1. The number of ether oxygens (including phenoxy) is 3. The number of carbonyl (C=O) groups is 4. The monoisotopic (exact) mass is 1050 g/mol.